The molecule has 2 N–H and O–H groups in total. The quantitative estimate of drug-likeness (QED) is 0.301. The van der Waals surface area contributed by atoms with Crippen LogP contribution in [0, 0.1) is 6.92 Å². The van der Waals surface area contributed by atoms with E-state index < -0.39 is 23.8 Å². The Morgan fingerprint density at radius 1 is 1.00 bits per heavy atom. The van der Waals surface area contributed by atoms with Crippen molar-refractivity contribution >= 4 is 76.0 Å². The maximum atomic E-state index is 13.3. The normalized spacial score (nSPS) is 14.5. The van der Waals surface area contributed by atoms with Crippen molar-refractivity contribution < 1.29 is 23.9 Å². The summed E-state index contributed by atoms with van der Waals surface area (Å²) < 4.78 is 5.65. The van der Waals surface area contributed by atoms with Crippen LogP contribution in [0.15, 0.2) is 66.2 Å². The number of hydrogen-bond donors (Lipinski definition) is 2. The van der Waals surface area contributed by atoms with Gasteiger partial charge in [0.05, 0.1) is 5.69 Å². The molecule has 0 unspecified atom stereocenters. The van der Waals surface area contributed by atoms with Crippen LogP contribution in [0.25, 0.3) is 6.08 Å². The third-order valence-electron chi connectivity index (χ3n) is 5.34. The highest BCUT2D eigenvalue weighted by Gasteiger charge is 2.37. The predicted octanol–water partition coefficient (Wildman–Crippen LogP) is 5.64. The van der Waals surface area contributed by atoms with Crippen molar-refractivity contribution in [3.05, 3.63) is 92.4 Å². The second-order valence-corrected chi connectivity index (χ2v) is 9.15. The second-order valence-electron chi connectivity index (χ2n) is 7.87. The fourth-order valence-electron chi connectivity index (χ4n) is 3.51. The number of anilines is 2. The molecular formula is C26H18Cl3N3O5. The number of benzene rings is 3. The van der Waals surface area contributed by atoms with Crippen LogP contribution >= 0.6 is 34.8 Å². The van der Waals surface area contributed by atoms with Crippen molar-refractivity contribution in [2.24, 2.45) is 0 Å². The highest BCUT2D eigenvalue weighted by atomic mass is 35.5. The van der Waals surface area contributed by atoms with Gasteiger partial charge in [0.2, 0.25) is 0 Å². The summed E-state index contributed by atoms with van der Waals surface area (Å²) in [7, 11) is 0. The van der Waals surface area contributed by atoms with Gasteiger partial charge in [-0.3, -0.25) is 19.7 Å². The van der Waals surface area contributed by atoms with Crippen LogP contribution in [-0.2, 0) is 14.4 Å². The van der Waals surface area contributed by atoms with E-state index in [0.717, 1.165) is 4.90 Å². The molecule has 0 saturated carbocycles. The number of urea groups is 1. The van der Waals surface area contributed by atoms with Gasteiger partial charge in [-0.05, 0) is 73.2 Å². The summed E-state index contributed by atoms with van der Waals surface area (Å²) in [5.41, 5.74) is 1.16. The fraction of sp³-hybridized carbons (Fsp3) is 0.0769. The third kappa shape index (κ3) is 5.94. The van der Waals surface area contributed by atoms with Gasteiger partial charge in [0.25, 0.3) is 17.7 Å². The van der Waals surface area contributed by atoms with E-state index in [4.69, 9.17) is 39.5 Å². The molecule has 11 heteroatoms. The Hall–Kier alpha value is -3.85. The predicted molar refractivity (Wildman–Crippen MR) is 142 cm³/mol. The largest absolute Gasteiger partial charge is 0.483 e. The van der Waals surface area contributed by atoms with E-state index in [9.17, 15) is 19.2 Å². The first kappa shape index (κ1) is 26.2. The zero-order valence-corrected chi connectivity index (χ0v) is 21.4. The molecule has 0 aliphatic carbocycles. The zero-order chi connectivity index (χ0) is 26.7. The van der Waals surface area contributed by atoms with Crippen molar-refractivity contribution in [2.75, 3.05) is 16.8 Å². The highest BCUT2D eigenvalue weighted by Crippen LogP contribution is 2.31. The number of barbiturate groups is 1. The number of nitrogens with one attached hydrogen (secondary N) is 2. The van der Waals surface area contributed by atoms with Gasteiger partial charge < -0.3 is 10.1 Å². The molecule has 1 fully saturated rings. The SMILES string of the molecule is Cc1c(Cl)cccc1N1C(=O)NC(=O)/C(=C\c2cc(Cl)ccc2OCC(=O)Nc2ccc(Cl)cc2)C1=O. The minimum atomic E-state index is -0.904. The van der Waals surface area contributed by atoms with Gasteiger partial charge in [0.15, 0.2) is 6.61 Å². The molecule has 1 heterocycles. The first-order valence-corrected chi connectivity index (χ1v) is 11.9. The average Bonchev–Trinajstić information content (AvgIpc) is 2.85. The van der Waals surface area contributed by atoms with Crippen molar-refractivity contribution in [3.63, 3.8) is 0 Å². The molecule has 3 aromatic rings. The summed E-state index contributed by atoms with van der Waals surface area (Å²) in [6, 6.07) is 14.9. The minimum absolute atomic E-state index is 0.186. The van der Waals surface area contributed by atoms with E-state index in [1.807, 2.05) is 0 Å². The fourth-order valence-corrected chi connectivity index (χ4v) is 3.98. The van der Waals surface area contributed by atoms with E-state index in [-0.39, 0.29) is 29.2 Å². The van der Waals surface area contributed by atoms with Crippen molar-refractivity contribution in [3.8, 4) is 5.75 Å². The van der Waals surface area contributed by atoms with E-state index in [0.29, 0.717) is 26.3 Å². The number of ether oxygens (including phenoxy) is 1. The lowest BCUT2D eigenvalue weighted by Crippen LogP contribution is -2.54. The molecule has 0 bridgehead atoms. The summed E-state index contributed by atoms with van der Waals surface area (Å²) in [5.74, 6) is -2.01. The molecule has 37 heavy (non-hydrogen) atoms. The smallest absolute Gasteiger partial charge is 0.335 e. The summed E-state index contributed by atoms with van der Waals surface area (Å²) in [6.07, 6.45) is 1.25. The lowest BCUT2D eigenvalue weighted by Gasteiger charge is -2.27. The van der Waals surface area contributed by atoms with Gasteiger partial charge in [-0.1, -0.05) is 40.9 Å². The van der Waals surface area contributed by atoms with Gasteiger partial charge in [0, 0.05) is 26.3 Å². The van der Waals surface area contributed by atoms with Crippen molar-refractivity contribution in [1.29, 1.82) is 0 Å². The number of carbonyl (C=O) groups excluding carboxylic acids is 4. The highest BCUT2D eigenvalue weighted by molar-refractivity contribution is 6.40. The van der Waals surface area contributed by atoms with Gasteiger partial charge in [0.1, 0.15) is 11.3 Å². The van der Waals surface area contributed by atoms with Crippen LogP contribution in [0.4, 0.5) is 16.2 Å². The van der Waals surface area contributed by atoms with Crippen molar-refractivity contribution in [2.45, 2.75) is 6.92 Å². The number of carbonyl (C=O) groups is 4. The number of imide groups is 2. The number of halogens is 3. The lowest BCUT2D eigenvalue weighted by atomic mass is 10.0. The molecule has 0 radical (unpaired) electrons. The third-order valence-corrected chi connectivity index (χ3v) is 6.24. The Kier molecular flexibility index (Phi) is 7.83. The minimum Gasteiger partial charge on any atom is -0.483 e. The van der Waals surface area contributed by atoms with Crippen LogP contribution in [-0.4, -0.2) is 30.4 Å². The first-order chi connectivity index (χ1) is 17.6. The average molecular weight is 559 g/mol. The standard InChI is InChI=1S/C26H18Cl3N3O5/c1-14-20(29)3-2-4-21(14)32-25(35)19(24(34)31-26(32)36)12-15-11-17(28)7-10-22(15)37-13-23(33)30-18-8-5-16(27)6-9-18/h2-12H,13H2,1H3,(H,30,33)(H,31,34,36)/b19-12+. The van der Waals surface area contributed by atoms with Crippen LogP contribution in [0.3, 0.4) is 0 Å². The topological polar surface area (TPSA) is 105 Å². The summed E-state index contributed by atoms with van der Waals surface area (Å²) in [6.45, 7) is 1.28. The number of hydrogen-bond acceptors (Lipinski definition) is 5. The molecule has 0 spiro atoms. The lowest BCUT2D eigenvalue weighted by molar-refractivity contribution is -0.122. The van der Waals surface area contributed by atoms with Gasteiger partial charge in [-0.2, -0.15) is 0 Å². The van der Waals surface area contributed by atoms with Crippen LogP contribution < -0.4 is 20.3 Å². The van der Waals surface area contributed by atoms with E-state index >= 15 is 0 Å². The van der Waals surface area contributed by atoms with Crippen LogP contribution in [0.5, 0.6) is 5.75 Å². The molecule has 4 rings (SSSR count). The molecule has 1 aliphatic rings. The Labute approximate surface area is 226 Å². The monoisotopic (exact) mass is 557 g/mol. The Morgan fingerprint density at radius 3 is 2.43 bits per heavy atom. The molecule has 8 nitrogen and oxygen atoms in total. The summed E-state index contributed by atoms with van der Waals surface area (Å²) >= 11 is 18.1. The summed E-state index contributed by atoms with van der Waals surface area (Å²) in [5, 5.41) is 6.00. The molecule has 1 aliphatic heterocycles. The number of rotatable bonds is 6. The Bertz CT molecular complexity index is 1450. The van der Waals surface area contributed by atoms with E-state index in [2.05, 4.69) is 10.6 Å². The number of nitrogens with zero attached hydrogens (tertiary/aromatic N) is 1. The number of amides is 5. The van der Waals surface area contributed by atoms with Gasteiger partial charge in [-0.15, -0.1) is 0 Å². The molecular weight excluding hydrogens is 541 g/mol. The Morgan fingerprint density at radius 2 is 1.70 bits per heavy atom. The second kappa shape index (κ2) is 11.0. The maximum absolute atomic E-state index is 13.3. The molecule has 0 atom stereocenters. The van der Waals surface area contributed by atoms with Gasteiger partial charge >= 0.3 is 6.03 Å². The van der Waals surface area contributed by atoms with E-state index in [1.165, 1.54) is 24.3 Å². The molecule has 0 aromatic heterocycles. The van der Waals surface area contributed by atoms with Crippen LogP contribution in [0.2, 0.25) is 15.1 Å². The van der Waals surface area contributed by atoms with E-state index in [1.54, 1.807) is 49.4 Å². The maximum Gasteiger partial charge on any atom is 0.335 e. The molecule has 1 saturated heterocycles. The van der Waals surface area contributed by atoms with Gasteiger partial charge in [-0.25, -0.2) is 9.69 Å². The molecule has 188 valence electrons. The Balaban J connectivity index is 1.60. The van der Waals surface area contributed by atoms with Crippen LogP contribution in [0.1, 0.15) is 11.1 Å². The first-order valence-electron chi connectivity index (χ1n) is 10.8. The van der Waals surface area contributed by atoms with Crippen molar-refractivity contribution in [1.82, 2.24) is 5.32 Å². The zero-order valence-electron chi connectivity index (χ0n) is 19.2. The molecule has 5 amide bonds. The summed E-state index contributed by atoms with van der Waals surface area (Å²) in [4.78, 5) is 51.6. The molecule has 3 aromatic carbocycles.